The van der Waals surface area contributed by atoms with E-state index in [1.165, 1.54) is 22.5 Å². The maximum Gasteiger partial charge on any atom is 0.328 e. The van der Waals surface area contributed by atoms with Gasteiger partial charge in [0.15, 0.2) is 5.16 Å². The highest BCUT2D eigenvalue weighted by atomic mass is 32.2. The average molecular weight is 371 g/mol. The lowest BCUT2D eigenvalue weighted by Crippen LogP contribution is -2.45. The van der Waals surface area contributed by atoms with Crippen molar-refractivity contribution >= 4 is 35.4 Å². The summed E-state index contributed by atoms with van der Waals surface area (Å²) in [5.41, 5.74) is -0.420. The summed E-state index contributed by atoms with van der Waals surface area (Å²) in [5.74, 6) is 0.379. The smallest absolute Gasteiger partial charge is 0.328 e. The summed E-state index contributed by atoms with van der Waals surface area (Å²) < 4.78 is 6.67. The monoisotopic (exact) mass is 371 g/mol. The van der Waals surface area contributed by atoms with Crippen LogP contribution in [0.1, 0.15) is 30.6 Å². The zero-order valence-corrected chi connectivity index (χ0v) is 15.5. The number of thioether (sulfide) groups is 2. The third-order valence-electron chi connectivity index (χ3n) is 3.35. The molecule has 132 valence electrons. The lowest BCUT2D eigenvalue weighted by atomic mass is 10.2. The molecule has 7 nitrogen and oxygen atoms in total. The quantitative estimate of drug-likeness (QED) is 0.568. The van der Waals surface area contributed by atoms with E-state index < -0.39 is 17.9 Å². The van der Waals surface area contributed by atoms with E-state index in [0.29, 0.717) is 23.9 Å². The second kappa shape index (κ2) is 8.57. The van der Waals surface area contributed by atoms with E-state index in [1.54, 1.807) is 25.6 Å². The molecule has 0 aromatic carbocycles. The average Bonchev–Trinajstić information content (AvgIpc) is 3.00. The number of fused-ring (bicyclic) bond motifs is 1. The van der Waals surface area contributed by atoms with Crippen molar-refractivity contribution in [1.29, 1.82) is 0 Å². The summed E-state index contributed by atoms with van der Waals surface area (Å²) in [6, 6.07) is -0.778. The van der Waals surface area contributed by atoms with Crippen molar-refractivity contribution in [3.63, 3.8) is 0 Å². The number of esters is 1. The van der Waals surface area contributed by atoms with Gasteiger partial charge in [0.1, 0.15) is 11.6 Å². The molecule has 1 atom stereocenters. The van der Waals surface area contributed by atoms with Gasteiger partial charge in [0.25, 0.3) is 11.5 Å². The van der Waals surface area contributed by atoms with Crippen molar-refractivity contribution in [2.24, 2.45) is 0 Å². The van der Waals surface area contributed by atoms with Crippen LogP contribution in [-0.4, -0.2) is 51.3 Å². The Bertz CT molecular complexity index is 675. The van der Waals surface area contributed by atoms with Crippen LogP contribution in [0.3, 0.4) is 0 Å². The van der Waals surface area contributed by atoms with Crippen molar-refractivity contribution in [2.75, 3.05) is 17.8 Å². The number of hydrogen-bond donors (Lipinski definition) is 1. The summed E-state index contributed by atoms with van der Waals surface area (Å²) in [6.07, 6.45) is 3.37. The molecule has 0 fully saturated rings. The van der Waals surface area contributed by atoms with Gasteiger partial charge in [-0.1, -0.05) is 11.8 Å². The Labute approximate surface area is 148 Å². The first-order valence-corrected chi connectivity index (χ1v) is 10.0. The van der Waals surface area contributed by atoms with E-state index in [1.807, 2.05) is 6.26 Å². The number of carbonyl (C=O) groups excluding carboxylic acids is 2. The molecule has 1 amide bonds. The van der Waals surface area contributed by atoms with Gasteiger partial charge in [0, 0.05) is 18.5 Å². The van der Waals surface area contributed by atoms with Crippen LogP contribution in [0, 0.1) is 0 Å². The van der Waals surface area contributed by atoms with Crippen LogP contribution in [-0.2, 0) is 16.1 Å². The number of hydrogen-bond acceptors (Lipinski definition) is 7. The van der Waals surface area contributed by atoms with Crippen LogP contribution in [0.4, 0.5) is 0 Å². The van der Waals surface area contributed by atoms with Crippen LogP contribution in [0.15, 0.2) is 16.1 Å². The third kappa shape index (κ3) is 4.54. The minimum absolute atomic E-state index is 0.0484. The summed E-state index contributed by atoms with van der Waals surface area (Å²) in [4.78, 5) is 41.1. The maximum atomic E-state index is 12.4. The van der Waals surface area contributed by atoms with Gasteiger partial charge in [-0.3, -0.25) is 14.2 Å². The molecule has 1 N–H and O–H groups in total. The van der Waals surface area contributed by atoms with Gasteiger partial charge in [0.05, 0.1) is 6.10 Å². The highest BCUT2D eigenvalue weighted by Gasteiger charge is 2.26. The predicted octanol–water partition coefficient (Wildman–Crippen LogP) is 1.15. The fraction of sp³-hybridized carbons (Fsp3) is 0.600. The molecular formula is C15H21N3O4S2. The number of nitrogens with zero attached hydrogens (tertiary/aromatic N) is 2. The number of nitrogens with one attached hydrogen (secondary N) is 1. The Morgan fingerprint density at radius 3 is 2.92 bits per heavy atom. The molecule has 9 heteroatoms. The van der Waals surface area contributed by atoms with E-state index in [0.717, 1.165) is 5.75 Å². The van der Waals surface area contributed by atoms with Gasteiger partial charge < -0.3 is 10.1 Å². The Morgan fingerprint density at radius 1 is 1.50 bits per heavy atom. The van der Waals surface area contributed by atoms with Gasteiger partial charge >= 0.3 is 5.97 Å². The van der Waals surface area contributed by atoms with Gasteiger partial charge in [-0.15, -0.1) is 0 Å². The molecule has 1 aromatic heterocycles. The predicted molar refractivity (Wildman–Crippen MR) is 94.7 cm³/mol. The number of rotatable bonds is 7. The molecule has 1 unspecified atom stereocenters. The first-order valence-electron chi connectivity index (χ1n) is 7.67. The van der Waals surface area contributed by atoms with Crippen molar-refractivity contribution in [3.8, 4) is 0 Å². The van der Waals surface area contributed by atoms with E-state index in [-0.39, 0.29) is 17.2 Å². The lowest BCUT2D eigenvalue weighted by molar-refractivity contribution is -0.149. The van der Waals surface area contributed by atoms with Gasteiger partial charge in [-0.25, -0.2) is 9.78 Å². The van der Waals surface area contributed by atoms with Crippen LogP contribution >= 0.6 is 23.5 Å². The van der Waals surface area contributed by atoms with Crippen molar-refractivity contribution in [1.82, 2.24) is 14.9 Å². The maximum absolute atomic E-state index is 12.4. The summed E-state index contributed by atoms with van der Waals surface area (Å²) >= 11 is 3.05. The molecule has 24 heavy (non-hydrogen) atoms. The highest BCUT2D eigenvalue weighted by Crippen LogP contribution is 2.20. The summed E-state index contributed by atoms with van der Waals surface area (Å²) in [5, 5.41) is 3.24. The Kier molecular flexibility index (Phi) is 6.73. The van der Waals surface area contributed by atoms with Gasteiger partial charge in [-0.05, 0) is 32.3 Å². The zero-order valence-electron chi connectivity index (χ0n) is 13.9. The molecular weight excluding hydrogens is 350 g/mol. The Balaban J connectivity index is 2.15. The molecule has 0 radical (unpaired) electrons. The minimum Gasteiger partial charge on any atom is -0.461 e. The number of carbonyl (C=O) groups is 2. The Hall–Kier alpha value is -1.48. The second-order valence-corrected chi connectivity index (χ2v) is 7.60. The van der Waals surface area contributed by atoms with Gasteiger partial charge in [0.2, 0.25) is 0 Å². The standard InChI is InChI=1S/C15H21N3O4S2/c1-9(2)22-14(21)11(4-6-23-3)17-12(19)10-8-16-15-18(13(10)20)5-7-24-15/h8-9,11H,4-7H2,1-3H3,(H,17,19). The third-order valence-corrected chi connectivity index (χ3v) is 4.97. The molecule has 2 heterocycles. The number of aromatic nitrogens is 2. The largest absolute Gasteiger partial charge is 0.461 e. The minimum atomic E-state index is -0.778. The zero-order chi connectivity index (χ0) is 17.7. The Morgan fingerprint density at radius 2 is 2.25 bits per heavy atom. The number of ether oxygens (including phenoxy) is 1. The SMILES string of the molecule is CSCCC(NC(=O)c1cnc2n(c1=O)CCS2)C(=O)OC(C)C. The van der Waals surface area contributed by atoms with Crippen LogP contribution in [0.25, 0.3) is 0 Å². The fourth-order valence-electron chi connectivity index (χ4n) is 2.21. The molecule has 0 saturated heterocycles. The molecule has 1 aromatic rings. The molecule has 0 aliphatic carbocycles. The van der Waals surface area contributed by atoms with Crippen LogP contribution < -0.4 is 10.9 Å². The molecule has 0 spiro atoms. The first-order chi connectivity index (χ1) is 11.4. The van der Waals surface area contributed by atoms with E-state index >= 15 is 0 Å². The van der Waals surface area contributed by atoms with Crippen molar-refractivity contribution in [3.05, 3.63) is 22.1 Å². The van der Waals surface area contributed by atoms with Crippen LogP contribution in [0.2, 0.25) is 0 Å². The van der Waals surface area contributed by atoms with Gasteiger partial charge in [-0.2, -0.15) is 11.8 Å². The highest BCUT2D eigenvalue weighted by molar-refractivity contribution is 7.99. The number of amides is 1. The van der Waals surface area contributed by atoms with Crippen molar-refractivity contribution in [2.45, 2.75) is 44.1 Å². The molecule has 1 aliphatic heterocycles. The van der Waals surface area contributed by atoms with E-state index in [9.17, 15) is 14.4 Å². The van der Waals surface area contributed by atoms with Crippen molar-refractivity contribution < 1.29 is 14.3 Å². The fourth-order valence-corrected chi connectivity index (χ4v) is 3.59. The first kappa shape index (κ1) is 18.9. The molecule has 0 saturated carbocycles. The normalized spacial score (nSPS) is 14.3. The lowest BCUT2D eigenvalue weighted by Gasteiger charge is -2.18. The second-order valence-electron chi connectivity index (χ2n) is 5.55. The topological polar surface area (TPSA) is 90.3 Å². The summed E-state index contributed by atoms with van der Waals surface area (Å²) in [7, 11) is 0. The van der Waals surface area contributed by atoms with Crippen LogP contribution in [0.5, 0.6) is 0 Å². The molecule has 2 rings (SSSR count). The van der Waals surface area contributed by atoms with E-state index in [2.05, 4.69) is 10.3 Å². The molecule has 1 aliphatic rings. The summed E-state index contributed by atoms with van der Waals surface area (Å²) in [6.45, 7) is 4.04. The van der Waals surface area contributed by atoms with E-state index in [4.69, 9.17) is 4.74 Å². The molecule has 0 bridgehead atoms.